The molecule has 0 unspecified atom stereocenters. The second-order valence-corrected chi connectivity index (χ2v) is 22.2. The van der Waals surface area contributed by atoms with E-state index >= 15 is 0 Å². The summed E-state index contributed by atoms with van der Waals surface area (Å²) in [5.74, 6) is -6.54. The molecule has 66 heavy (non-hydrogen) atoms. The molecule has 2 heterocycles. The van der Waals surface area contributed by atoms with Crippen LogP contribution in [0.25, 0.3) is 0 Å². The first-order valence-corrected chi connectivity index (χ1v) is 26.4. The van der Waals surface area contributed by atoms with Crippen LogP contribution in [0.15, 0.2) is 128 Å². The average molecular weight is 1080 g/mol. The third-order valence-corrected chi connectivity index (χ3v) is 17.2. The molecule has 0 fully saturated rings. The minimum absolute atomic E-state index is 0.0132. The summed E-state index contributed by atoms with van der Waals surface area (Å²) in [5.41, 5.74) is 1.81. The van der Waals surface area contributed by atoms with Crippen molar-refractivity contribution in [2.24, 2.45) is 10.8 Å². The lowest BCUT2D eigenvalue weighted by atomic mass is 9.81. The number of unbranched alkanes of at least 4 members (excludes halogenated alkanes) is 2. The van der Waals surface area contributed by atoms with E-state index in [0.717, 1.165) is 49.9 Å². The summed E-state index contributed by atoms with van der Waals surface area (Å²) in [7, 11) is -7.47. The van der Waals surface area contributed by atoms with Crippen LogP contribution in [-0.2, 0) is 29.3 Å². The minimum atomic E-state index is -3.74. The molecule has 0 amide bonds. The Morgan fingerprint density at radius 3 is 1.29 bits per heavy atom. The maximum absolute atomic E-state index is 13.6. The van der Waals surface area contributed by atoms with Crippen LogP contribution >= 0.6 is 31.9 Å². The summed E-state index contributed by atoms with van der Waals surface area (Å²) < 4.78 is 92.6. The minimum Gasteiger partial charge on any atom is -0.476 e. The monoisotopic (exact) mass is 1080 g/mol. The number of para-hydroxylation sites is 2. The third-order valence-electron chi connectivity index (χ3n) is 12.0. The Kier molecular flexibility index (Phi) is 17.7. The van der Waals surface area contributed by atoms with E-state index in [1.807, 2.05) is 84.3 Å². The van der Waals surface area contributed by atoms with Crippen LogP contribution in [0.5, 0.6) is 11.5 Å². The number of carboxylic acids is 2. The Labute approximate surface area is 402 Å². The van der Waals surface area contributed by atoms with Crippen LogP contribution in [0.4, 0.5) is 31.5 Å². The number of carboxylic acid groups (broad SMARTS) is 2. The highest BCUT2D eigenvalue weighted by Gasteiger charge is 2.43. The smallest absolute Gasteiger partial charge is 0.368 e. The van der Waals surface area contributed by atoms with Crippen LogP contribution in [0.3, 0.4) is 0 Å². The van der Waals surface area contributed by atoms with E-state index in [0.29, 0.717) is 58.8 Å². The molecule has 356 valence electrons. The van der Waals surface area contributed by atoms with Gasteiger partial charge in [-0.15, -0.1) is 0 Å². The molecule has 12 nitrogen and oxygen atoms in total. The van der Waals surface area contributed by atoms with Crippen molar-refractivity contribution in [3.63, 3.8) is 0 Å². The molecule has 4 aromatic carbocycles. The fraction of sp³-hybridized carbons (Fsp3) is 0.375. The summed E-state index contributed by atoms with van der Waals surface area (Å²) in [4.78, 5) is 25.6. The van der Waals surface area contributed by atoms with Gasteiger partial charge in [0.1, 0.15) is 24.0 Å². The van der Waals surface area contributed by atoms with Crippen molar-refractivity contribution in [2.45, 2.75) is 88.9 Å². The van der Waals surface area contributed by atoms with Crippen molar-refractivity contribution in [1.82, 2.24) is 0 Å². The molecule has 18 heteroatoms. The van der Waals surface area contributed by atoms with Crippen LogP contribution < -0.4 is 19.3 Å². The van der Waals surface area contributed by atoms with E-state index in [9.17, 15) is 35.2 Å². The number of halogens is 4. The quantitative estimate of drug-likeness (QED) is 0.0806. The Morgan fingerprint density at radius 2 is 0.985 bits per heavy atom. The van der Waals surface area contributed by atoms with Crippen molar-refractivity contribution in [3.05, 3.63) is 118 Å². The lowest BCUT2D eigenvalue weighted by Crippen LogP contribution is -2.37. The van der Waals surface area contributed by atoms with E-state index in [4.69, 9.17) is 19.7 Å². The number of benzene rings is 4. The number of sulfone groups is 2. The Hall–Kier alpha value is -4.78. The predicted molar refractivity (Wildman–Crippen MR) is 259 cm³/mol. The normalized spacial score (nSPS) is 20.1. The first-order chi connectivity index (χ1) is 31.2. The fourth-order valence-corrected chi connectivity index (χ4v) is 13.4. The molecule has 0 aromatic heterocycles. The molecule has 0 spiro atoms. The number of hydrogen-bond donors (Lipinski definition) is 2. The predicted octanol–water partition coefficient (Wildman–Crippen LogP) is 12.5. The van der Waals surface area contributed by atoms with Crippen LogP contribution in [0.2, 0.25) is 0 Å². The lowest BCUT2D eigenvalue weighted by Gasteiger charge is -2.36. The van der Waals surface area contributed by atoms with E-state index < -0.39 is 54.1 Å². The maximum Gasteiger partial charge on any atom is 0.368 e. The summed E-state index contributed by atoms with van der Waals surface area (Å²) in [5, 5.41) is 17.4. The maximum atomic E-state index is 13.6. The van der Waals surface area contributed by atoms with Crippen molar-refractivity contribution in [2.75, 3.05) is 34.4 Å². The second kappa shape index (κ2) is 22.3. The van der Waals surface area contributed by atoms with Crippen molar-refractivity contribution in [1.29, 1.82) is 0 Å². The van der Waals surface area contributed by atoms with Crippen molar-refractivity contribution >= 4 is 86.2 Å². The molecule has 2 atom stereocenters. The zero-order valence-corrected chi connectivity index (χ0v) is 41.9. The van der Waals surface area contributed by atoms with Gasteiger partial charge in [-0.1, -0.05) is 89.8 Å². The number of anilines is 4. The number of aliphatic carboxylic acids is 2. The highest BCUT2D eigenvalue weighted by molar-refractivity contribution is 9.11. The van der Waals surface area contributed by atoms with E-state index in [2.05, 4.69) is 45.7 Å². The zero-order valence-electron chi connectivity index (χ0n) is 37.1. The molecular weight excluding hydrogens is 1030 g/mol. The van der Waals surface area contributed by atoms with Gasteiger partial charge >= 0.3 is 11.9 Å². The summed E-state index contributed by atoms with van der Waals surface area (Å²) in [6.07, 6.45) is 7.59. The molecule has 4 aromatic rings. The molecule has 0 saturated carbocycles. The van der Waals surface area contributed by atoms with Crippen molar-refractivity contribution < 1.29 is 54.9 Å². The first kappa shape index (κ1) is 52.2. The van der Waals surface area contributed by atoms with E-state index in [1.165, 1.54) is 12.1 Å². The van der Waals surface area contributed by atoms with Gasteiger partial charge in [0.2, 0.25) is 11.7 Å². The first-order valence-electron chi connectivity index (χ1n) is 21.5. The van der Waals surface area contributed by atoms with E-state index in [-0.39, 0.29) is 32.8 Å². The van der Waals surface area contributed by atoms with Crippen LogP contribution in [0, 0.1) is 10.8 Å². The Morgan fingerprint density at radius 1 is 0.636 bits per heavy atom. The van der Waals surface area contributed by atoms with Gasteiger partial charge in [0.15, 0.2) is 19.7 Å². The molecule has 0 radical (unpaired) electrons. The second-order valence-electron chi connectivity index (χ2n) is 16.6. The molecular formula is C48H54Br2F2N2O10S2. The molecule has 0 saturated heterocycles. The summed E-state index contributed by atoms with van der Waals surface area (Å²) in [6.45, 7) is 9.27. The largest absolute Gasteiger partial charge is 0.476 e. The number of fused-ring (bicyclic) bond motifs is 2. The highest BCUT2D eigenvalue weighted by Crippen LogP contribution is 2.49. The Balaban J connectivity index is 0.000000247. The summed E-state index contributed by atoms with van der Waals surface area (Å²) in [6, 6.07) is 25.1. The summed E-state index contributed by atoms with van der Waals surface area (Å²) >= 11 is 6.74. The number of carbonyl (C=O) groups is 2. The molecule has 2 aliphatic rings. The van der Waals surface area contributed by atoms with Crippen LogP contribution in [-0.4, -0.2) is 63.6 Å². The Bertz CT molecular complexity index is 2490. The highest BCUT2D eigenvalue weighted by atomic mass is 79.9. The number of rotatable bonds is 16. The van der Waals surface area contributed by atoms with Gasteiger partial charge < -0.3 is 29.5 Å². The van der Waals surface area contributed by atoms with E-state index in [1.54, 1.807) is 12.1 Å². The van der Waals surface area contributed by atoms with Gasteiger partial charge in [-0.3, -0.25) is 0 Å². The van der Waals surface area contributed by atoms with Gasteiger partial charge in [0.25, 0.3) is 0 Å². The number of nitrogens with zero attached hydrogens (tertiary/aromatic N) is 2. The van der Waals surface area contributed by atoms with Crippen LogP contribution in [0.1, 0.15) is 79.1 Å². The molecule has 6 rings (SSSR count). The van der Waals surface area contributed by atoms with Gasteiger partial charge in [0.05, 0.1) is 41.6 Å². The average Bonchev–Trinajstić information content (AvgIpc) is 3.45. The fourth-order valence-electron chi connectivity index (χ4n) is 8.24. The van der Waals surface area contributed by atoms with Gasteiger partial charge in [-0.05, 0) is 93.9 Å². The SMILES string of the molecule is CCCC[C@@]1(CC)CN(c2ccccc2)c2cc(Br)c(O/C=C(\F)C(=O)O)cc2S(=O)(=O)C1.CCCC[C@]1(CC)CN(c2ccccc2)c2cc(Br)c(O/C=C(\F)C(=O)O)cc2S(=O)(=O)C1. The van der Waals surface area contributed by atoms with Gasteiger partial charge in [-0.2, -0.15) is 8.78 Å². The topological polar surface area (TPSA) is 168 Å². The number of ether oxygens (including phenoxy) is 2. The molecule has 0 aliphatic carbocycles. The molecule has 0 bridgehead atoms. The van der Waals surface area contributed by atoms with Crippen molar-refractivity contribution in [3.8, 4) is 11.5 Å². The third kappa shape index (κ3) is 12.4. The zero-order chi connectivity index (χ0) is 48.5. The molecule has 2 aliphatic heterocycles. The number of hydrogen-bond acceptors (Lipinski definition) is 10. The standard InChI is InChI=1S/2C24H27BrFNO5S/c2*1-3-5-11-24(4-2)15-27(17-9-7-6-8-10-17)20-12-18(25)21(32-14-19(26)23(28)29)13-22(20)33(30,31)16-24/h2*6-10,12-14H,3-5,11,15-16H2,1-2H3,(H,28,29)/b2*19-14-/t2*24-/m10/s1. The van der Waals surface area contributed by atoms with Gasteiger partial charge in [-0.25, -0.2) is 26.4 Å². The van der Waals surface area contributed by atoms with Gasteiger partial charge in [0, 0.05) is 47.4 Å². The lowest BCUT2D eigenvalue weighted by molar-refractivity contribution is -0.135. The molecule has 2 N–H and O–H groups in total.